The maximum absolute atomic E-state index is 13.4. The van der Waals surface area contributed by atoms with Gasteiger partial charge in [-0.2, -0.15) is 0 Å². The molecule has 2 aliphatic rings. The highest BCUT2D eigenvalue weighted by molar-refractivity contribution is 6.30. The Labute approximate surface area is 354 Å². The van der Waals surface area contributed by atoms with Crippen LogP contribution in [0, 0.1) is 12.8 Å². The van der Waals surface area contributed by atoms with Crippen LogP contribution in [0.1, 0.15) is 106 Å². The molecule has 10 nitrogen and oxygen atoms in total. The lowest BCUT2D eigenvalue weighted by Crippen LogP contribution is -2.49. The highest BCUT2D eigenvalue weighted by Crippen LogP contribution is 2.41. The molecule has 3 N–H and O–H groups in total. The molecule has 1 saturated heterocycles. The summed E-state index contributed by atoms with van der Waals surface area (Å²) in [5, 5.41) is 10.4. The number of hydrogen-bond donors (Lipinski definition) is 3. The molecular formula is C48H58ClN5O5. The van der Waals surface area contributed by atoms with Crippen LogP contribution >= 0.6 is 11.6 Å². The van der Waals surface area contributed by atoms with Crippen LogP contribution < -0.4 is 20.9 Å². The van der Waals surface area contributed by atoms with Gasteiger partial charge in [-0.05, 0) is 138 Å². The number of anilines is 2. The van der Waals surface area contributed by atoms with Gasteiger partial charge in [0.2, 0.25) is 11.8 Å². The van der Waals surface area contributed by atoms with Gasteiger partial charge in [0, 0.05) is 67.0 Å². The molecule has 0 radical (unpaired) electrons. The van der Waals surface area contributed by atoms with Crippen molar-refractivity contribution in [3.8, 4) is 11.1 Å². The van der Waals surface area contributed by atoms with Gasteiger partial charge in [0.1, 0.15) is 5.60 Å². The van der Waals surface area contributed by atoms with Crippen molar-refractivity contribution in [1.82, 2.24) is 15.5 Å². The minimum Gasteiger partial charge on any atom is -0.444 e. The first-order valence-electron chi connectivity index (χ1n) is 20.8. The Kier molecular flexibility index (Phi) is 14.0. The topological polar surface area (TPSA) is 120 Å². The van der Waals surface area contributed by atoms with E-state index in [1.807, 2.05) is 105 Å². The Balaban J connectivity index is 0.978. The van der Waals surface area contributed by atoms with E-state index in [9.17, 15) is 19.2 Å². The number of benzene rings is 4. The zero-order valence-corrected chi connectivity index (χ0v) is 35.9. The van der Waals surface area contributed by atoms with Gasteiger partial charge in [-0.25, -0.2) is 4.79 Å². The number of carbonyl (C=O) groups is 4. The lowest BCUT2D eigenvalue weighted by Gasteiger charge is -2.39. The number of rotatable bonds is 12. The van der Waals surface area contributed by atoms with Gasteiger partial charge in [0.05, 0.1) is 12.0 Å². The third-order valence-electron chi connectivity index (χ3n) is 11.1. The third kappa shape index (κ3) is 11.4. The predicted molar refractivity (Wildman–Crippen MR) is 236 cm³/mol. The molecule has 0 aliphatic carbocycles. The molecule has 6 rings (SSSR count). The van der Waals surface area contributed by atoms with Crippen LogP contribution in [0.25, 0.3) is 11.1 Å². The Morgan fingerprint density at radius 2 is 1.51 bits per heavy atom. The van der Waals surface area contributed by atoms with E-state index in [1.165, 1.54) is 0 Å². The molecule has 2 aliphatic heterocycles. The molecule has 2 unspecified atom stereocenters. The second kappa shape index (κ2) is 19.1. The summed E-state index contributed by atoms with van der Waals surface area (Å²) in [6, 6.07) is 29.7. The molecule has 0 spiro atoms. The molecule has 59 heavy (non-hydrogen) atoms. The number of aryl methyl sites for hydroxylation is 1. The van der Waals surface area contributed by atoms with Crippen LogP contribution in [0.5, 0.6) is 0 Å². The lowest BCUT2D eigenvalue weighted by molar-refractivity contribution is -0.126. The van der Waals surface area contributed by atoms with Gasteiger partial charge in [-0.15, -0.1) is 0 Å². The summed E-state index contributed by atoms with van der Waals surface area (Å²) < 4.78 is 5.68. The van der Waals surface area contributed by atoms with Gasteiger partial charge in [-0.3, -0.25) is 14.4 Å². The highest BCUT2D eigenvalue weighted by atomic mass is 35.5. The Hall–Kier alpha value is -5.35. The molecular weight excluding hydrogens is 762 g/mol. The molecule has 312 valence electrons. The van der Waals surface area contributed by atoms with Crippen molar-refractivity contribution in [3.05, 3.63) is 118 Å². The van der Waals surface area contributed by atoms with E-state index < -0.39 is 11.7 Å². The quantitative estimate of drug-likeness (QED) is 0.123. The molecule has 0 aromatic heterocycles. The maximum atomic E-state index is 13.4. The van der Waals surface area contributed by atoms with Crippen molar-refractivity contribution in [3.63, 3.8) is 0 Å². The molecule has 1 fully saturated rings. The monoisotopic (exact) mass is 819 g/mol. The number of ether oxygens (including phenoxy) is 1. The summed E-state index contributed by atoms with van der Waals surface area (Å²) >= 11 is 6.13. The average molecular weight is 820 g/mol. The van der Waals surface area contributed by atoms with Gasteiger partial charge in [-0.1, -0.05) is 59.6 Å². The maximum Gasteiger partial charge on any atom is 0.410 e. The number of halogens is 1. The fourth-order valence-electron chi connectivity index (χ4n) is 8.24. The summed E-state index contributed by atoms with van der Waals surface area (Å²) in [4.78, 5) is 55.7. The van der Waals surface area contributed by atoms with Crippen LogP contribution in [0.4, 0.5) is 16.2 Å². The van der Waals surface area contributed by atoms with Gasteiger partial charge in [0.15, 0.2) is 0 Å². The average Bonchev–Trinajstić information content (AvgIpc) is 3.20. The standard InChI is InChI=1S/C48H58ClN5O5/c1-31-11-10-12-36(25-31)38-27-39(30-53(29-38)47(58)59-48(4,5)6)46(57)51-24-9-7-8-23-50-45(56)35-15-13-34(14-16-35)37-17-22-44-42(28-37)43(26-32(2)54(44)33(3)55)52-41-20-18-40(49)19-21-41/h10-22,25,28,32,38-39,43,52H,7-9,23-24,26-27,29-30H2,1-6H3,(H,50,56)(H,51,57)/t32-,38?,39?,43+/m0/s1. The highest BCUT2D eigenvalue weighted by Gasteiger charge is 2.36. The fraction of sp³-hybridized carbons (Fsp3) is 0.417. The first-order chi connectivity index (χ1) is 28.1. The smallest absolute Gasteiger partial charge is 0.410 e. The van der Waals surface area contributed by atoms with Crippen LogP contribution in [0.2, 0.25) is 5.02 Å². The number of likely N-dealkylation sites (tertiary alicyclic amines) is 1. The minimum atomic E-state index is -0.623. The molecule has 2 heterocycles. The van der Waals surface area contributed by atoms with Crippen molar-refractivity contribution in [2.75, 3.05) is 36.4 Å². The normalized spacial score (nSPS) is 19.0. The van der Waals surface area contributed by atoms with E-state index in [1.54, 1.807) is 11.8 Å². The predicted octanol–water partition coefficient (Wildman–Crippen LogP) is 9.67. The Morgan fingerprint density at radius 1 is 0.814 bits per heavy atom. The molecule has 11 heteroatoms. The van der Waals surface area contributed by atoms with Crippen molar-refractivity contribution in [2.24, 2.45) is 5.92 Å². The summed E-state index contributed by atoms with van der Waals surface area (Å²) in [6.07, 6.45) is 3.42. The van der Waals surface area contributed by atoms with E-state index in [4.69, 9.17) is 16.3 Å². The number of nitrogens with one attached hydrogen (secondary N) is 3. The van der Waals surface area contributed by atoms with Crippen molar-refractivity contribution < 1.29 is 23.9 Å². The van der Waals surface area contributed by atoms with Crippen molar-refractivity contribution in [2.45, 2.75) is 97.2 Å². The number of hydrogen-bond acceptors (Lipinski definition) is 6. The summed E-state index contributed by atoms with van der Waals surface area (Å²) in [5.74, 6) is -0.477. The largest absolute Gasteiger partial charge is 0.444 e. The number of nitrogens with zero attached hydrogens (tertiary/aromatic N) is 2. The molecule has 4 aromatic carbocycles. The number of carbonyl (C=O) groups excluding carboxylic acids is 4. The van der Waals surface area contributed by atoms with Gasteiger partial charge < -0.3 is 30.5 Å². The van der Waals surface area contributed by atoms with Gasteiger partial charge >= 0.3 is 6.09 Å². The fourth-order valence-corrected chi connectivity index (χ4v) is 8.36. The summed E-state index contributed by atoms with van der Waals surface area (Å²) in [6.45, 7) is 13.2. The first-order valence-corrected chi connectivity index (χ1v) is 21.2. The lowest BCUT2D eigenvalue weighted by atomic mass is 9.83. The number of fused-ring (bicyclic) bond motifs is 1. The van der Waals surface area contributed by atoms with Crippen LogP contribution in [-0.2, 0) is 14.3 Å². The molecule has 0 saturated carbocycles. The van der Waals surface area contributed by atoms with Crippen LogP contribution in [0.15, 0.2) is 91.0 Å². The first kappa shape index (κ1) is 43.2. The minimum absolute atomic E-state index is 0.00952. The van der Waals surface area contributed by atoms with Crippen LogP contribution in [-0.4, -0.2) is 66.5 Å². The zero-order chi connectivity index (χ0) is 42.3. The molecule has 0 bridgehead atoms. The van der Waals surface area contributed by atoms with E-state index in [0.717, 1.165) is 64.9 Å². The van der Waals surface area contributed by atoms with E-state index in [2.05, 4.69) is 41.1 Å². The molecule has 4 atom stereocenters. The SMILES string of the molecule is CC(=O)N1c2ccc(-c3ccc(C(=O)NCCCCCNC(=O)C4CC(c5cccc(C)c5)CN(C(=O)OC(C)(C)C)C4)cc3)cc2[C@H](Nc2ccc(Cl)cc2)C[C@@H]1C. The second-order valence-electron chi connectivity index (χ2n) is 17.1. The van der Waals surface area contributed by atoms with Crippen LogP contribution in [0.3, 0.4) is 0 Å². The van der Waals surface area contributed by atoms with E-state index in [0.29, 0.717) is 43.2 Å². The van der Waals surface area contributed by atoms with Crippen molar-refractivity contribution >= 4 is 46.8 Å². The molecule has 4 aromatic rings. The zero-order valence-electron chi connectivity index (χ0n) is 35.1. The van der Waals surface area contributed by atoms with E-state index in [-0.39, 0.29) is 41.6 Å². The Bertz CT molecular complexity index is 2120. The Morgan fingerprint density at radius 3 is 2.19 bits per heavy atom. The van der Waals surface area contributed by atoms with E-state index >= 15 is 0 Å². The van der Waals surface area contributed by atoms with Gasteiger partial charge in [0.25, 0.3) is 5.91 Å². The number of amides is 4. The third-order valence-corrected chi connectivity index (χ3v) is 11.4. The molecule has 4 amide bonds. The number of unbranched alkanes of at least 4 members (excludes halogenated alkanes) is 2. The second-order valence-corrected chi connectivity index (χ2v) is 17.5. The van der Waals surface area contributed by atoms with Crippen molar-refractivity contribution in [1.29, 1.82) is 0 Å². The summed E-state index contributed by atoms with van der Waals surface area (Å²) in [7, 11) is 0. The number of piperidine rings is 1. The summed E-state index contributed by atoms with van der Waals surface area (Å²) in [5.41, 5.74) is 7.09.